The van der Waals surface area contributed by atoms with Gasteiger partial charge in [0.15, 0.2) is 0 Å². The summed E-state index contributed by atoms with van der Waals surface area (Å²) in [5.74, 6) is 1.93. The van der Waals surface area contributed by atoms with Gasteiger partial charge < -0.3 is 14.8 Å². The number of aromatic nitrogens is 1. The number of hydrogen-bond donors (Lipinski definition) is 1. The molecule has 3 aliphatic heterocycles. The number of rotatable bonds is 8. The van der Waals surface area contributed by atoms with Gasteiger partial charge in [0.05, 0.1) is 12.6 Å². The summed E-state index contributed by atoms with van der Waals surface area (Å²) in [5, 5.41) is 3.32. The molecule has 1 unspecified atom stereocenters. The Labute approximate surface area is 214 Å². The molecule has 2 aromatic rings. The van der Waals surface area contributed by atoms with Gasteiger partial charge in [0, 0.05) is 24.4 Å². The highest BCUT2D eigenvalue weighted by Crippen LogP contribution is 2.51. The number of carbonyl (C=O) groups is 1. The normalized spacial score (nSPS) is 27.9. The molecular weight excluding hydrogens is 450 g/mol. The van der Waals surface area contributed by atoms with Gasteiger partial charge >= 0.3 is 6.09 Å². The lowest BCUT2D eigenvalue weighted by Gasteiger charge is -2.44. The van der Waals surface area contributed by atoms with Crippen molar-refractivity contribution in [1.82, 2.24) is 15.2 Å². The minimum absolute atomic E-state index is 0.00774. The molecular formula is C30H39N3O3. The molecule has 2 aliphatic carbocycles. The number of carbonyl (C=O) groups excluding carboxylic acids is 1. The lowest BCUT2D eigenvalue weighted by molar-refractivity contribution is -0.0353. The maximum atomic E-state index is 13.1. The van der Waals surface area contributed by atoms with Crippen LogP contribution in [0.1, 0.15) is 69.5 Å². The van der Waals surface area contributed by atoms with Crippen LogP contribution in [-0.2, 0) is 11.2 Å². The van der Waals surface area contributed by atoms with Gasteiger partial charge in [-0.25, -0.2) is 9.78 Å². The molecule has 1 amide bonds. The molecule has 7 rings (SSSR count). The zero-order valence-electron chi connectivity index (χ0n) is 21.7. The number of hydrogen-bond acceptors (Lipinski definition) is 5. The third-order valence-corrected chi connectivity index (χ3v) is 9.37. The molecule has 1 N–H and O–H groups in total. The Morgan fingerprint density at radius 3 is 2.50 bits per heavy atom. The van der Waals surface area contributed by atoms with Crippen LogP contribution in [0, 0.1) is 17.3 Å². The Hall–Kier alpha value is -2.60. The van der Waals surface area contributed by atoms with Crippen LogP contribution in [0.4, 0.5) is 4.79 Å². The molecule has 1 saturated carbocycles. The first kappa shape index (κ1) is 23.8. The van der Waals surface area contributed by atoms with Crippen molar-refractivity contribution in [2.75, 3.05) is 26.2 Å². The summed E-state index contributed by atoms with van der Waals surface area (Å²) in [4.78, 5) is 20.1. The number of piperidine rings is 3. The average Bonchev–Trinajstić information content (AvgIpc) is 3.70. The van der Waals surface area contributed by atoms with Gasteiger partial charge in [-0.1, -0.05) is 32.0 Å². The predicted molar refractivity (Wildman–Crippen MR) is 140 cm³/mol. The summed E-state index contributed by atoms with van der Waals surface area (Å²) in [5.41, 5.74) is 4.80. The van der Waals surface area contributed by atoms with Gasteiger partial charge in [-0.15, -0.1) is 0 Å². The molecule has 5 aliphatic rings. The number of pyridine rings is 1. The van der Waals surface area contributed by atoms with Gasteiger partial charge in [0.25, 0.3) is 0 Å². The second-order valence-electron chi connectivity index (χ2n) is 11.5. The Morgan fingerprint density at radius 2 is 1.86 bits per heavy atom. The molecule has 2 atom stereocenters. The van der Waals surface area contributed by atoms with Crippen LogP contribution >= 0.6 is 0 Å². The van der Waals surface area contributed by atoms with E-state index in [1.807, 2.05) is 12.3 Å². The summed E-state index contributed by atoms with van der Waals surface area (Å²) in [6, 6.07) is 10.7. The molecule has 36 heavy (non-hydrogen) atoms. The third kappa shape index (κ3) is 4.60. The highest BCUT2D eigenvalue weighted by Gasteiger charge is 2.45. The van der Waals surface area contributed by atoms with Gasteiger partial charge in [-0.3, -0.25) is 4.90 Å². The molecule has 6 heteroatoms. The first-order chi connectivity index (χ1) is 17.6. The number of nitrogens with one attached hydrogen (secondary N) is 1. The molecule has 0 spiro atoms. The topological polar surface area (TPSA) is 63.7 Å². The van der Waals surface area contributed by atoms with Crippen molar-refractivity contribution in [3.63, 3.8) is 0 Å². The monoisotopic (exact) mass is 489 g/mol. The minimum Gasteiger partial charge on any atom is -0.477 e. The number of amides is 1. The fraction of sp³-hybridized carbons (Fsp3) is 0.600. The van der Waals surface area contributed by atoms with Crippen LogP contribution in [0.25, 0.3) is 11.1 Å². The maximum Gasteiger partial charge on any atom is 0.407 e. The van der Waals surface area contributed by atoms with Gasteiger partial charge in [-0.2, -0.15) is 0 Å². The summed E-state index contributed by atoms with van der Waals surface area (Å²) in [7, 11) is 0. The Kier molecular flexibility index (Phi) is 6.40. The highest BCUT2D eigenvalue weighted by molar-refractivity contribution is 5.70. The fourth-order valence-corrected chi connectivity index (χ4v) is 6.63. The third-order valence-electron chi connectivity index (χ3n) is 9.37. The van der Waals surface area contributed by atoms with Crippen molar-refractivity contribution in [2.45, 2.75) is 70.9 Å². The van der Waals surface area contributed by atoms with Crippen molar-refractivity contribution < 1.29 is 14.3 Å². The Bertz CT molecular complexity index is 1090. The minimum atomic E-state index is -0.257. The molecule has 6 nitrogen and oxygen atoms in total. The standard InChI is InChI=1S/C30H39N3O3/c1-3-30(4-2)16-24-15-22(23-8-10-27(31-17-23)35-19-20-5-6-20)7-9-25(24)28(30)32-29(34)36-26-18-33-13-11-21(26)12-14-33/h7-10,15,17,20-21,26,28H,3-6,11-14,16,18-19H2,1-2H3,(H,32,34)/t26-,28?/m0/s1. The van der Waals surface area contributed by atoms with Crippen LogP contribution in [0.3, 0.4) is 0 Å². The van der Waals surface area contributed by atoms with Crippen molar-refractivity contribution in [3.05, 3.63) is 47.7 Å². The molecule has 2 bridgehead atoms. The molecule has 4 heterocycles. The van der Waals surface area contributed by atoms with E-state index in [0.29, 0.717) is 11.8 Å². The smallest absolute Gasteiger partial charge is 0.407 e. The quantitative estimate of drug-likeness (QED) is 0.511. The van der Waals surface area contributed by atoms with Crippen LogP contribution in [0.2, 0.25) is 0 Å². The molecule has 1 aromatic heterocycles. The summed E-state index contributed by atoms with van der Waals surface area (Å²) in [6.07, 6.45) is 9.49. The first-order valence-electron chi connectivity index (χ1n) is 14.0. The van der Waals surface area contributed by atoms with Crippen LogP contribution in [0.15, 0.2) is 36.5 Å². The van der Waals surface area contributed by atoms with E-state index in [2.05, 4.69) is 53.3 Å². The number of ether oxygens (including phenoxy) is 2. The Morgan fingerprint density at radius 1 is 1.08 bits per heavy atom. The number of alkyl carbamates (subject to hydrolysis) is 1. The van der Waals surface area contributed by atoms with Gasteiger partial charge in [0.2, 0.25) is 5.88 Å². The van der Waals surface area contributed by atoms with Crippen LogP contribution in [0.5, 0.6) is 5.88 Å². The second-order valence-corrected chi connectivity index (χ2v) is 11.5. The lowest BCUT2D eigenvalue weighted by Crippen LogP contribution is -2.53. The van der Waals surface area contributed by atoms with E-state index >= 15 is 0 Å². The van der Waals surface area contributed by atoms with E-state index in [-0.39, 0.29) is 23.7 Å². The zero-order valence-corrected chi connectivity index (χ0v) is 21.7. The van der Waals surface area contributed by atoms with Gasteiger partial charge in [-0.05, 0) is 98.0 Å². The first-order valence-corrected chi connectivity index (χ1v) is 14.0. The summed E-state index contributed by atoms with van der Waals surface area (Å²) >= 11 is 0. The van der Waals surface area contributed by atoms with E-state index in [4.69, 9.17) is 9.47 Å². The molecule has 0 radical (unpaired) electrons. The summed E-state index contributed by atoms with van der Waals surface area (Å²) < 4.78 is 11.8. The van der Waals surface area contributed by atoms with Crippen LogP contribution in [-0.4, -0.2) is 48.3 Å². The van der Waals surface area contributed by atoms with Crippen molar-refractivity contribution >= 4 is 6.09 Å². The van der Waals surface area contributed by atoms with E-state index in [1.54, 1.807) is 0 Å². The van der Waals surface area contributed by atoms with Crippen molar-refractivity contribution in [3.8, 4) is 17.0 Å². The second kappa shape index (κ2) is 9.70. The molecule has 3 saturated heterocycles. The predicted octanol–water partition coefficient (Wildman–Crippen LogP) is 5.76. The average molecular weight is 490 g/mol. The summed E-state index contributed by atoms with van der Waals surface area (Å²) in [6.45, 7) is 8.43. The largest absolute Gasteiger partial charge is 0.477 e. The fourth-order valence-electron chi connectivity index (χ4n) is 6.63. The van der Waals surface area contributed by atoms with Gasteiger partial charge in [0.1, 0.15) is 6.10 Å². The SMILES string of the molecule is CCC1(CC)Cc2cc(-c3ccc(OCC4CC4)nc3)ccc2C1NC(=O)O[C@H]1CN2CCC1CC2. The van der Waals surface area contributed by atoms with E-state index in [1.165, 1.54) is 24.0 Å². The number of benzene rings is 1. The maximum absolute atomic E-state index is 13.1. The lowest BCUT2D eigenvalue weighted by atomic mass is 9.76. The molecule has 192 valence electrons. The van der Waals surface area contributed by atoms with E-state index < -0.39 is 0 Å². The number of fused-ring (bicyclic) bond motifs is 4. The molecule has 4 fully saturated rings. The van der Waals surface area contributed by atoms with Crippen LogP contribution < -0.4 is 10.1 Å². The van der Waals surface area contributed by atoms with Crippen molar-refractivity contribution in [2.24, 2.45) is 17.3 Å². The zero-order chi connectivity index (χ0) is 24.7. The highest BCUT2D eigenvalue weighted by atomic mass is 16.6. The van der Waals surface area contributed by atoms with E-state index in [9.17, 15) is 4.79 Å². The number of nitrogens with zero attached hydrogens (tertiary/aromatic N) is 2. The van der Waals surface area contributed by atoms with E-state index in [0.717, 1.165) is 75.4 Å². The molecule has 1 aromatic carbocycles. The van der Waals surface area contributed by atoms with Crippen molar-refractivity contribution in [1.29, 1.82) is 0 Å². The Balaban J connectivity index is 1.18.